The number of nitrogens with zero attached hydrogens (tertiary/aromatic N) is 1. The summed E-state index contributed by atoms with van der Waals surface area (Å²) in [5.41, 5.74) is 0.824. The lowest BCUT2D eigenvalue weighted by Gasteiger charge is -2.23. The Labute approximate surface area is 50.6 Å². The predicted molar refractivity (Wildman–Crippen MR) is 34.3 cm³/mol. The molecule has 8 heavy (non-hydrogen) atoms. The van der Waals surface area contributed by atoms with Crippen LogP contribution in [0.4, 0.5) is 0 Å². The minimum atomic E-state index is 0.0729. The van der Waals surface area contributed by atoms with Crippen molar-refractivity contribution in [2.45, 2.75) is 0 Å². The van der Waals surface area contributed by atoms with Crippen molar-refractivity contribution in [2.75, 3.05) is 27.7 Å². The SMILES string of the molecule is C=C(CO)[N+](C)(C)C. The van der Waals surface area contributed by atoms with Crippen LogP contribution in [0, 0.1) is 0 Å². The normalized spacial score (nSPS) is 11.5. The van der Waals surface area contributed by atoms with Gasteiger partial charge in [0.05, 0.1) is 21.1 Å². The van der Waals surface area contributed by atoms with Crippen LogP contribution in [0.1, 0.15) is 0 Å². The molecule has 0 bridgehead atoms. The highest BCUT2D eigenvalue weighted by molar-refractivity contribution is 4.79. The second-order valence-corrected chi connectivity index (χ2v) is 2.74. The molecule has 0 radical (unpaired) electrons. The van der Waals surface area contributed by atoms with Gasteiger partial charge < -0.3 is 9.59 Å². The van der Waals surface area contributed by atoms with Gasteiger partial charge in [0, 0.05) is 0 Å². The van der Waals surface area contributed by atoms with E-state index in [0.717, 1.165) is 5.70 Å². The molecule has 0 unspecified atom stereocenters. The van der Waals surface area contributed by atoms with Crippen LogP contribution in [0.5, 0.6) is 0 Å². The van der Waals surface area contributed by atoms with Crippen molar-refractivity contribution in [1.29, 1.82) is 0 Å². The van der Waals surface area contributed by atoms with Crippen LogP contribution < -0.4 is 0 Å². The third-order valence-corrected chi connectivity index (χ3v) is 1.13. The van der Waals surface area contributed by atoms with Gasteiger partial charge in [-0.1, -0.05) is 0 Å². The summed E-state index contributed by atoms with van der Waals surface area (Å²) in [5.74, 6) is 0. The zero-order valence-electron chi connectivity index (χ0n) is 5.81. The highest BCUT2D eigenvalue weighted by atomic mass is 16.3. The van der Waals surface area contributed by atoms with E-state index in [0.29, 0.717) is 4.48 Å². The van der Waals surface area contributed by atoms with Gasteiger partial charge in [0.2, 0.25) is 0 Å². The molecule has 0 saturated heterocycles. The van der Waals surface area contributed by atoms with Gasteiger partial charge >= 0.3 is 0 Å². The van der Waals surface area contributed by atoms with Crippen molar-refractivity contribution in [2.24, 2.45) is 0 Å². The lowest BCUT2D eigenvalue weighted by molar-refractivity contribution is -0.832. The maximum atomic E-state index is 8.56. The fourth-order valence-electron chi connectivity index (χ4n) is 0.212. The average Bonchev–Trinajstić information content (AvgIpc) is 1.62. The molecule has 2 heteroatoms. The van der Waals surface area contributed by atoms with E-state index in [1.165, 1.54) is 0 Å². The van der Waals surface area contributed by atoms with Crippen LogP contribution in [0.25, 0.3) is 0 Å². The summed E-state index contributed by atoms with van der Waals surface area (Å²) in [4.78, 5) is 0. The van der Waals surface area contributed by atoms with Crippen LogP contribution >= 0.6 is 0 Å². The minimum absolute atomic E-state index is 0.0729. The Balaban J connectivity index is 3.82. The van der Waals surface area contributed by atoms with Gasteiger partial charge in [-0.25, -0.2) is 0 Å². The molecule has 0 aromatic carbocycles. The van der Waals surface area contributed by atoms with Crippen LogP contribution in [0.2, 0.25) is 0 Å². The van der Waals surface area contributed by atoms with Gasteiger partial charge in [0.1, 0.15) is 12.3 Å². The molecule has 0 fully saturated rings. The van der Waals surface area contributed by atoms with E-state index in [1.54, 1.807) is 0 Å². The number of quaternary nitrogens is 1. The number of aliphatic hydroxyl groups is 1. The summed E-state index contributed by atoms with van der Waals surface area (Å²) < 4.78 is 0.635. The summed E-state index contributed by atoms with van der Waals surface area (Å²) in [6, 6.07) is 0. The standard InChI is InChI=1S/C6H14NO/c1-6(5-8)7(2,3)4/h8H,1,5H2,2-4H3/q+1. The van der Waals surface area contributed by atoms with Crippen molar-refractivity contribution in [1.82, 2.24) is 0 Å². The zero-order chi connectivity index (χ0) is 6.78. The second kappa shape index (κ2) is 2.29. The molecule has 0 aliphatic carbocycles. The van der Waals surface area contributed by atoms with E-state index >= 15 is 0 Å². The fourth-order valence-corrected chi connectivity index (χ4v) is 0.212. The number of hydrogen-bond donors (Lipinski definition) is 1. The molecule has 2 nitrogen and oxygen atoms in total. The molecule has 48 valence electrons. The topological polar surface area (TPSA) is 20.2 Å². The summed E-state index contributed by atoms with van der Waals surface area (Å²) in [5, 5.41) is 8.56. The summed E-state index contributed by atoms with van der Waals surface area (Å²) in [7, 11) is 5.91. The molecule has 0 heterocycles. The molecule has 0 aromatic rings. The van der Waals surface area contributed by atoms with E-state index in [1.807, 2.05) is 21.1 Å². The number of likely N-dealkylation sites (N-methyl/N-ethyl adjacent to an activating group) is 1. The molecule has 0 aliphatic rings. The average molecular weight is 116 g/mol. The third kappa shape index (κ3) is 2.09. The smallest absolute Gasteiger partial charge is 0.127 e. The predicted octanol–water partition coefficient (Wildman–Crippen LogP) is 0.199. The highest BCUT2D eigenvalue weighted by Gasteiger charge is 2.10. The van der Waals surface area contributed by atoms with Crippen molar-refractivity contribution in [3.8, 4) is 0 Å². The molecule has 1 N–H and O–H groups in total. The number of aliphatic hydroxyl groups excluding tert-OH is 1. The molecule has 0 atom stereocenters. The van der Waals surface area contributed by atoms with Crippen molar-refractivity contribution in [3.63, 3.8) is 0 Å². The first-order valence-corrected chi connectivity index (χ1v) is 2.59. The van der Waals surface area contributed by atoms with E-state index in [4.69, 9.17) is 5.11 Å². The van der Waals surface area contributed by atoms with Gasteiger partial charge in [-0.05, 0) is 6.58 Å². The zero-order valence-corrected chi connectivity index (χ0v) is 5.81. The first kappa shape index (κ1) is 7.66. The first-order valence-electron chi connectivity index (χ1n) is 2.59. The number of rotatable bonds is 2. The Bertz CT molecular complexity index is 91.2. The van der Waals surface area contributed by atoms with Crippen LogP contribution in [0.15, 0.2) is 12.3 Å². The van der Waals surface area contributed by atoms with Gasteiger partial charge in [0.25, 0.3) is 0 Å². The van der Waals surface area contributed by atoms with Crippen LogP contribution in [-0.2, 0) is 0 Å². The molecule has 0 aliphatic heterocycles. The summed E-state index contributed by atoms with van der Waals surface area (Å²) in [6.07, 6.45) is 0. The molecule has 0 rings (SSSR count). The van der Waals surface area contributed by atoms with Gasteiger partial charge in [-0.2, -0.15) is 0 Å². The van der Waals surface area contributed by atoms with Crippen molar-refractivity contribution in [3.05, 3.63) is 12.3 Å². The maximum Gasteiger partial charge on any atom is 0.127 e. The summed E-state index contributed by atoms with van der Waals surface area (Å²) in [6.45, 7) is 3.74. The van der Waals surface area contributed by atoms with E-state index in [2.05, 4.69) is 6.58 Å². The van der Waals surface area contributed by atoms with Gasteiger partial charge in [-0.3, -0.25) is 0 Å². The largest absolute Gasteiger partial charge is 0.386 e. The molecular formula is C6H14NO+. The fraction of sp³-hybridized carbons (Fsp3) is 0.667. The monoisotopic (exact) mass is 116 g/mol. The van der Waals surface area contributed by atoms with E-state index < -0.39 is 0 Å². The Morgan fingerprint density at radius 2 is 1.88 bits per heavy atom. The Morgan fingerprint density at radius 1 is 1.50 bits per heavy atom. The van der Waals surface area contributed by atoms with E-state index in [-0.39, 0.29) is 6.61 Å². The van der Waals surface area contributed by atoms with Crippen LogP contribution in [0.3, 0.4) is 0 Å². The summed E-state index contributed by atoms with van der Waals surface area (Å²) >= 11 is 0. The molecular weight excluding hydrogens is 102 g/mol. The third-order valence-electron chi connectivity index (χ3n) is 1.13. The van der Waals surface area contributed by atoms with Crippen molar-refractivity contribution >= 4 is 0 Å². The highest BCUT2D eigenvalue weighted by Crippen LogP contribution is 2.01. The van der Waals surface area contributed by atoms with Gasteiger partial charge in [0.15, 0.2) is 0 Å². The molecule has 0 amide bonds. The molecule has 0 spiro atoms. The second-order valence-electron chi connectivity index (χ2n) is 2.74. The van der Waals surface area contributed by atoms with Crippen molar-refractivity contribution < 1.29 is 9.59 Å². The van der Waals surface area contributed by atoms with E-state index in [9.17, 15) is 0 Å². The van der Waals surface area contributed by atoms with Crippen LogP contribution in [-0.4, -0.2) is 37.3 Å². The quantitative estimate of drug-likeness (QED) is 0.511. The lowest BCUT2D eigenvalue weighted by atomic mass is 10.4. The number of hydrogen-bond acceptors (Lipinski definition) is 1. The lowest BCUT2D eigenvalue weighted by Crippen LogP contribution is -2.34. The molecule has 0 saturated carbocycles. The Hall–Kier alpha value is -0.340. The molecule has 0 aromatic heterocycles. The minimum Gasteiger partial charge on any atom is -0.386 e. The maximum absolute atomic E-state index is 8.56. The Kier molecular flexibility index (Phi) is 2.19. The first-order chi connectivity index (χ1) is 3.48. The van der Waals surface area contributed by atoms with Gasteiger partial charge in [-0.15, -0.1) is 0 Å². The Morgan fingerprint density at radius 3 is 1.88 bits per heavy atom.